The van der Waals surface area contributed by atoms with E-state index in [1.165, 1.54) is 0 Å². The van der Waals surface area contributed by atoms with Gasteiger partial charge in [0.2, 0.25) is 0 Å². The zero-order valence-corrected chi connectivity index (χ0v) is 7.45. The van der Waals surface area contributed by atoms with Crippen LogP contribution in [0.15, 0.2) is 18.3 Å². The third-order valence-electron chi connectivity index (χ3n) is 1.70. The van der Waals surface area contributed by atoms with E-state index in [1.807, 2.05) is 0 Å². The lowest BCUT2D eigenvalue weighted by molar-refractivity contribution is 0.0685. The van der Waals surface area contributed by atoms with Crippen molar-refractivity contribution in [1.82, 2.24) is 4.57 Å². The second-order valence-electron chi connectivity index (χ2n) is 2.57. The second kappa shape index (κ2) is 4.36. The Labute approximate surface area is 77.0 Å². The molecule has 0 saturated heterocycles. The van der Waals surface area contributed by atoms with Crippen molar-refractivity contribution in [1.29, 1.82) is 0 Å². The summed E-state index contributed by atoms with van der Waals surface area (Å²) >= 11 is 0. The van der Waals surface area contributed by atoms with E-state index in [2.05, 4.69) is 11.8 Å². The first-order chi connectivity index (χ1) is 6.25. The summed E-state index contributed by atoms with van der Waals surface area (Å²) in [6.07, 6.45) is 2.44. The van der Waals surface area contributed by atoms with Crippen molar-refractivity contribution in [2.24, 2.45) is 0 Å². The molecule has 13 heavy (non-hydrogen) atoms. The SMILES string of the molecule is CC#CCCn1cccc1C(=O)O. The molecule has 0 aliphatic rings. The first-order valence-electron chi connectivity index (χ1n) is 4.03. The number of hydrogen-bond acceptors (Lipinski definition) is 1. The minimum absolute atomic E-state index is 0.318. The van der Waals surface area contributed by atoms with Crippen LogP contribution in [0, 0.1) is 11.8 Å². The quantitative estimate of drug-likeness (QED) is 0.712. The van der Waals surface area contributed by atoms with Crippen molar-refractivity contribution < 1.29 is 9.90 Å². The van der Waals surface area contributed by atoms with Crippen molar-refractivity contribution in [2.75, 3.05) is 0 Å². The Morgan fingerprint density at radius 3 is 3.08 bits per heavy atom. The van der Waals surface area contributed by atoms with Crippen molar-refractivity contribution >= 4 is 5.97 Å². The van der Waals surface area contributed by atoms with Gasteiger partial charge in [0.1, 0.15) is 5.69 Å². The van der Waals surface area contributed by atoms with E-state index in [9.17, 15) is 4.79 Å². The van der Waals surface area contributed by atoms with Crippen LogP contribution in [0.1, 0.15) is 23.8 Å². The van der Waals surface area contributed by atoms with Crippen molar-refractivity contribution in [3.63, 3.8) is 0 Å². The summed E-state index contributed by atoms with van der Waals surface area (Å²) in [4.78, 5) is 10.7. The number of aromatic nitrogens is 1. The number of carbonyl (C=O) groups is 1. The minimum Gasteiger partial charge on any atom is -0.477 e. The zero-order chi connectivity index (χ0) is 9.68. The predicted molar refractivity (Wildman–Crippen MR) is 49.5 cm³/mol. The number of carboxylic acid groups (broad SMARTS) is 1. The summed E-state index contributed by atoms with van der Waals surface area (Å²) in [5, 5.41) is 8.75. The molecule has 0 fully saturated rings. The smallest absolute Gasteiger partial charge is 0.352 e. The lowest BCUT2D eigenvalue weighted by Crippen LogP contribution is -2.07. The molecular formula is C10H11NO2. The molecule has 0 aromatic carbocycles. The molecule has 0 saturated carbocycles. The van der Waals surface area contributed by atoms with Gasteiger partial charge in [-0.1, -0.05) is 0 Å². The number of rotatable bonds is 3. The van der Waals surface area contributed by atoms with Crippen molar-refractivity contribution in [3.8, 4) is 11.8 Å². The number of nitrogens with zero attached hydrogens (tertiary/aromatic N) is 1. The summed E-state index contributed by atoms with van der Waals surface area (Å²) in [6.45, 7) is 2.41. The molecule has 0 aliphatic heterocycles. The number of aryl methyl sites for hydroxylation is 1. The molecule has 1 aromatic heterocycles. The standard InChI is InChI=1S/C10H11NO2/c1-2-3-4-7-11-8-5-6-9(11)10(12)13/h5-6,8H,4,7H2,1H3,(H,12,13). The largest absolute Gasteiger partial charge is 0.477 e. The molecule has 0 aliphatic carbocycles. The molecule has 3 nitrogen and oxygen atoms in total. The Morgan fingerprint density at radius 1 is 1.69 bits per heavy atom. The average molecular weight is 177 g/mol. The van der Waals surface area contributed by atoms with Gasteiger partial charge >= 0.3 is 5.97 Å². The van der Waals surface area contributed by atoms with E-state index in [1.54, 1.807) is 29.8 Å². The molecule has 0 unspecified atom stereocenters. The van der Waals surface area contributed by atoms with Crippen LogP contribution in [0.5, 0.6) is 0 Å². The highest BCUT2D eigenvalue weighted by atomic mass is 16.4. The Bertz CT molecular complexity index is 354. The lowest BCUT2D eigenvalue weighted by Gasteiger charge is -2.01. The van der Waals surface area contributed by atoms with E-state index in [-0.39, 0.29) is 0 Å². The topological polar surface area (TPSA) is 42.2 Å². The summed E-state index contributed by atoms with van der Waals surface area (Å²) in [5.74, 6) is 4.76. The van der Waals surface area contributed by atoms with Crippen LogP contribution in [-0.4, -0.2) is 15.6 Å². The molecule has 1 N–H and O–H groups in total. The molecule has 0 radical (unpaired) electrons. The molecule has 0 atom stereocenters. The lowest BCUT2D eigenvalue weighted by atomic mass is 10.4. The number of carboxylic acids is 1. The van der Waals surface area contributed by atoms with Crippen LogP contribution in [-0.2, 0) is 6.54 Å². The van der Waals surface area contributed by atoms with E-state index < -0.39 is 5.97 Å². The highest BCUT2D eigenvalue weighted by molar-refractivity contribution is 5.85. The van der Waals surface area contributed by atoms with Crippen molar-refractivity contribution in [2.45, 2.75) is 19.9 Å². The monoisotopic (exact) mass is 177 g/mol. The van der Waals surface area contributed by atoms with Crippen LogP contribution < -0.4 is 0 Å². The van der Waals surface area contributed by atoms with Gasteiger partial charge in [0, 0.05) is 19.2 Å². The molecule has 1 heterocycles. The second-order valence-corrected chi connectivity index (χ2v) is 2.57. The fourth-order valence-corrected chi connectivity index (χ4v) is 1.10. The molecule has 68 valence electrons. The summed E-state index contributed by atoms with van der Waals surface area (Å²) < 4.78 is 1.69. The van der Waals surface area contributed by atoms with E-state index in [0.717, 1.165) is 0 Å². The van der Waals surface area contributed by atoms with Gasteiger partial charge < -0.3 is 9.67 Å². The van der Waals surface area contributed by atoms with Gasteiger partial charge in [-0.15, -0.1) is 11.8 Å². The summed E-state index contributed by atoms with van der Waals surface area (Å²) in [7, 11) is 0. The Kier molecular flexibility index (Phi) is 3.15. The number of hydrogen-bond donors (Lipinski definition) is 1. The highest BCUT2D eigenvalue weighted by Gasteiger charge is 2.06. The molecule has 1 rings (SSSR count). The van der Waals surface area contributed by atoms with Gasteiger partial charge in [-0.2, -0.15) is 0 Å². The van der Waals surface area contributed by atoms with Gasteiger partial charge in [-0.05, 0) is 19.1 Å². The normalized spacial score (nSPS) is 9.00. The minimum atomic E-state index is -0.894. The fraction of sp³-hybridized carbons (Fsp3) is 0.300. The molecular weight excluding hydrogens is 166 g/mol. The average Bonchev–Trinajstić information content (AvgIpc) is 2.53. The first kappa shape index (κ1) is 9.40. The van der Waals surface area contributed by atoms with E-state index >= 15 is 0 Å². The fourth-order valence-electron chi connectivity index (χ4n) is 1.10. The van der Waals surface area contributed by atoms with Crippen molar-refractivity contribution in [3.05, 3.63) is 24.0 Å². The van der Waals surface area contributed by atoms with Crippen LogP contribution in [0.4, 0.5) is 0 Å². The molecule has 1 aromatic rings. The van der Waals surface area contributed by atoms with Gasteiger partial charge in [0.15, 0.2) is 0 Å². The van der Waals surface area contributed by atoms with Gasteiger partial charge in [0.05, 0.1) is 0 Å². The highest BCUT2D eigenvalue weighted by Crippen LogP contribution is 2.02. The molecule has 0 amide bonds. The van der Waals surface area contributed by atoms with Crippen LogP contribution in [0.3, 0.4) is 0 Å². The van der Waals surface area contributed by atoms with Gasteiger partial charge in [0.25, 0.3) is 0 Å². The Morgan fingerprint density at radius 2 is 2.46 bits per heavy atom. The summed E-state index contributed by atoms with van der Waals surface area (Å²) in [5.41, 5.74) is 0.318. The van der Waals surface area contributed by atoms with Crippen LogP contribution in [0.2, 0.25) is 0 Å². The maximum atomic E-state index is 10.7. The molecule has 0 spiro atoms. The Hall–Kier alpha value is -1.69. The van der Waals surface area contributed by atoms with Gasteiger partial charge in [-0.25, -0.2) is 4.79 Å². The number of aromatic carboxylic acids is 1. The Balaban J connectivity index is 2.69. The zero-order valence-electron chi connectivity index (χ0n) is 7.45. The van der Waals surface area contributed by atoms with Gasteiger partial charge in [-0.3, -0.25) is 0 Å². The third-order valence-corrected chi connectivity index (χ3v) is 1.70. The predicted octanol–water partition coefficient (Wildman–Crippen LogP) is 1.60. The van der Waals surface area contributed by atoms with E-state index in [0.29, 0.717) is 18.7 Å². The maximum Gasteiger partial charge on any atom is 0.352 e. The molecule has 3 heteroatoms. The van der Waals surface area contributed by atoms with Crippen LogP contribution >= 0.6 is 0 Å². The maximum absolute atomic E-state index is 10.7. The summed E-state index contributed by atoms with van der Waals surface area (Å²) in [6, 6.07) is 3.31. The van der Waals surface area contributed by atoms with E-state index in [4.69, 9.17) is 5.11 Å². The third kappa shape index (κ3) is 2.38. The van der Waals surface area contributed by atoms with Crippen LogP contribution in [0.25, 0.3) is 0 Å². The molecule has 0 bridgehead atoms. The first-order valence-corrected chi connectivity index (χ1v) is 4.03.